The highest BCUT2D eigenvalue weighted by molar-refractivity contribution is 7.09. The standard InChI is InChI=1S/C11H9Cl2NOS/c12-5-8-7-16-11(14-8)6-15-10-4-2-1-3-9(10)13/h1-4,7H,5-6H2. The summed E-state index contributed by atoms with van der Waals surface area (Å²) in [5.41, 5.74) is 0.879. The topological polar surface area (TPSA) is 22.1 Å². The average Bonchev–Trinajstić information content (AvgIpc) is 2.76. The molecule has 0 bridgehead atoms. The molecule has 84 valence electrons. The molecule has 2 nitrogen and oxygen atoms in total. The fourth-order valence-electron chi connectivity index (χ4n) is 1.18. The minimum atomic E-state index is 0.422. The van der Waals surface area contributed by atoms with E-state index in [1.54, 1.807) is 6.07 Å². The normalized spacial score (nSPS) is 10.4. The van der Waals surface area contributed by atoms with E-state index in [0.29, 0.717) is 23.3 Å². The lowest BCUT2D eigenvalue weighted by Gasteiger charge is -2.05. The number of nitrogens with zero attached hydrogens (tertiary/aromatic N) is 1. The van der Waals surface area contributed by atoms with Crippen molar-refractivity contribution < 1.29 is 4.74 Å². The molecule has 1 heterocycles. The molecule has 2 rings (SSSR count). The molecule has 0 unspecified atom stereocenters. The molecule has 0 fully saturated rings. The van der Waals surface area contributed by atoms with Crippen LogP contribution in [0.5, 0.6) is 5.75 Å². The summed E-state index contributed by atoms with van der Waals surface area (Å²) < 4.78 is 5.55. The van der Waals surface area contributed by atoms with E-state index in [2.05, 4.69) is 4.98 Å². The van der Waals surface area contributed by atoms with Crippen LogP contribution in [-0.4, -0.2) is 4.98 Å². The zero-order chi connectivity index (χ0) is 11.4. The third-order valence-electron chi connectivity index (χ3n) is 1.92. The lowest BCUT2D eigenvalue weighted by molar-refractivity contribution is 0.305. The van der Waals surface area contributed by atoms with Crippen LogP contribution in [0.3, 0.4) is 0 Å². The maximum atomic E-state index is 5.96. The molecule has 0 spiro atoms. The second-order valence-corrected chi connectivity index (χ2v) is 4.70. The minimum Gasteiger partial charge on any atom is -0.485 e. The molecule has 0 N–H and O–H groups in total. The van der Waals surface area contributed by atoms with Crippen LogP contribution in [0, 0.1) is 0 Å². The first kappa shape index (κ1) is 11.7. The van der Waals surface area contributed by atoms with Gasteiger partial charge in [-0.1, -0.05) is 23.7 Å². The number of rotatable bonds is 4. The van der Waals surface area contributed by atoms with Crippen molar-refractivity contribution in [3.05, 3.63) is 45.4 Å². The first-order valence-electron chi connectivity index (χ1n) is 4.66. The van der Waals surface area contributed by atoms with Crippen molar-refractivity contribution in [2.45, 2.75) is 12.5 Å². The molecule has 16 heavy (non-hydrogen) atoms. The zero-order valence-electron chi connectivity index (χ0n) is 8.32. The summed E-state index contributed by atoms with van der Waals surface area (Å²) in [6.45, 7) is 0.422. The molecule has 0 aliphatic rings. The summed E-state index contributed by atoms with van der Waals surface area (Å²) in [6.07, 6.45) is 0. The zero-order valence-corrected chi connectivity index (χ0v) is 10.6. The van der Waals surface area contributed by atoms with Crippen molar-refractivity contribution >= 4 is 34.5 Å². The van der Waals surface area contributed by atoms with Crippen molar-refractivity contribution in [1.82, 2.24) is 4.98 Å². The third kappa shape index (κ3) is 2.88. The van der Waals surface area contributed by atoms with Crippen LogP contribution >= 0.6 is 34.5 Å². The van der Waals surface area contributed by atoms with E-state index in [1.165, 1.54) is 11.3 Å². The van der Waals surface area contributed by atoms with Crippen LogP contribution in [0.4, 0.5) is 0 Å². The summed E-state index contributed by atoms with van der Waals surface area (Å²) in [7, 11) is 0. The Kier molecular flexibility index (Phi) is 4.04. The molecular formula is C11H9Cl2NOS. The second kappa shape index (κ2) is 5.53. The summed E-state index contributed by atoms with van der Waals surface area (Å²) in [5, 5.41) is 3.44. The lowest BCUT2D eigenvalue weighted by Crippen LogP contribution is -1.95. The Morgan fingerprint density at radius 1 is 1.31 bits per heavy atom. The Morgan fingerprint density at radius 3 is 2.81 bits per heavy atom. The van der Waals surface area contributed by atoms with Crippen LogP contribution in [0.15, 0.2) is 29.6 Å². The maximum absolute atomic E-state index is 5.96. The molecule has 5 heteroatoms. The molecule has 0 radical (unpaired) electrons. The van der Waals surface area contributed by atoms with Crippen molar-refractivity contribution in [3.8, 4) is 5.75 Å². The molecule has 0 saturated carbocycles. The highest BCUT2D eigenvalue weighted by Crippen LogP contribution is 2.24. The first-order chi connectivity index (χ1) is 7.79. The Labute approximate surface area is 108 Å². The number of ether oxygens (including phenoxy) is 1. The van der Waals surface area contributed by atoms with Gasteiger partial charge in [-0.25, -0.2) is 4.98 Å². The van der Waals surface area contributed by atoms with Crippen LogP contribution in [0.25, 0.3) is 0 Å². The summed E-state index contributed by atoms with van der Waals surface area (Å²) in [6, 6.07) is 7.37. The monoisotopic (exact) mass is 273 g/mol. The van der Waals surface area contributed by atoms with Gasteiger partial charge >= 0.3 is 0 Å². The number of para-hydroxylation sites is 1. The van der Waals surface area contributed by atoms with Gasteiger partial charge < -0.3 is 4.74 Å². The Bertz CT molecular complexity index is 473. The van der Waals surface area contributed by atoms with Crippen molar-refractivity contribution in [2.75, 3.05) is 0 Å². The van der Waals surface area contributed by atoms with Crippen LogP contribution in [0.2, 0.25) is 5.02 Å². The van der Waals surface area contributed by atoms with Gasteiger partial charge in [0.15, 0.2) is 0 Å². The predicted molar refractivity (Wildman–Crippen MR) is 67.5 cm³/mol. The minimum absolute atomic E-state index is 0.422. The Morgan fingerprint density at radius 2 is 2.12 bits per heavy atom. The van der Waals surface area contributed by atoms with Gasteiger partial charge in [0.25, 0.3) is 0 Å². The van der Waals surface area contributed by atoms with Crippen molar-refractivity contribution in [1.29, 1.82) is 0 Å². The van der Waals surface area contributed by atoms with Crippen LogP contribution in [-0.2, 0) is 12.5 Å². The molecule has 0 aliphatic carbocycles. The van der Waals surface area contributed by atoms with Gasteiger partial charge in [-0.2, -0.15) is 0 Å². The van der Waals surface area contributed by atoms with Crippen LogP contribution < -0.4 is 4.74 Å². The highest BCUT2D eigenvalue weighted by atomic mass is 35.5. The molecule has 0 atom stereocenters. The number of halogens is 2. The third-order valence-corrected chi connectivity index (χ3v) is 3.38. The van der Waals surface area contributed by atoms with E-state index in [9.17, 15) is 0 Å². The van der Waals surface area contributed by atoms with Gasteiger partial charge in [-0.15, -0.1) is 22.9 Å². The molecule has 2 aromatic rings. The van der Waals surface area contributed by atoms with E-state index in [1.807, 2.05) is 23.6 Å². The molecule has 0 saturated heterocycles. The van der Waals surface area contributed by atoms with E-state index in [-0.39, 0.29) is 0 Å². The summed E-state index contributed by atoms with van der Waals surface area (Å²) in [5.74, 6) is 1.11. The van der Waals surface area contributed by atoms with Crippen LogP contribution in [0.1, 0.15) is 10.7 Å². The fraction of sp³-hybridized carbons (Fsp3) is 0.182. The van der Waals surface area contributed by atoms with E-state index in [0.717, 1.165) is 10.7 Å². The first-order valence-corrected chi connectivity index (χ1v) is 6.45. The van der Waals surface area contributed by atoms with Crippen molar-refractivity contribution in [3.63, 3.8) is 0 Å². The number of hydrogen-bond donors (Lipinski definition) is 0. The smallest absolute Gasteiger partial charge is 0.140 e. The molecule has 1 aromatic heterocycles. The summed E-state index contributed by atoms with van der Waals surface area (Å²) >= 11 is 13.2. The van der Waals surface area contributed by atoms with Gasteiger partial charge in [0.05, 0.1) is 16.6 Å². The number of hydrogen-bond acceptors (Lipinski definition) is 3. The number of alkyl halides is 1. The molecule has 0 amide bonds. The average molecular weight is 274 g/mol. The van der Waals surface area contributed by atoms with E-state index in [4.69, 9.17) is 27.9 Å². The van der Waals surface area contributed by atoms with E-state index < -0.39 is 0 Å². The van der Waals surface area contributed by atoms with Gasteiger partial charge in [-0.3, -0.25) is 0 Å². The Hall–Kier alpha value is -0.770. The van der Waals surface area contributed by atoms with Crippen molar-refractivity contribution in [2.24, 2.45) is 0 Å². The van der Waals surface area contributed by atoms with Gasteiger partial charge in [0, 0.05) is 5.38 Å². The summed E-state index contributed by atoms with van der Waals surface area (Å²) in [4.78, 5) is 4.29. The number of thiazole rings is 1. The quantitative estimate of drug-likeness (QED) is 0.782. The molecule has 0 aliphatic heterocycles. The number of benzene rings is 1. The lowest BCUT2D eigenvalue weighted by atomic mass is 10.3. The second-order valence-electron chi connectivity index (χ2n) is 3.09. The SMILES string of the molecule is ClCc1csc(COc2ccccc2Cl)n1. The van der Waals surface area contributed by atoms with Gasteiger partial charge in [-0.05, 0) is 12.1 Å². The Balaban J connectivity index is 1.99. The van der Waals surface area contributed by atoms with E-state index >= 15 is 0 Å². The van der Waals surface area contributed by atoms with Gasteiger partial charge in [0.1, 0.15) is 17.4 Å². The maximum Gasteiger partial charge on any atom is 0.140 e. The largest absolute Gasteiger partial charge is 0.485 e. The molecular weight excluding hydrogens is 265 g/mol. The van der Waals surface area contributed by atoms with Gasteiger partial charge in [0.2, 0.25) is 0 Å². The molecule has 1 aromatic carbocycles. The number of aromatic nitrogens is 1. The predicted octanol–water partition coefficient (Wildman–Crippen LogP) is 4.11. The fourth-order valence-corrected chi connectivity index (χ4v) is 2.30. The highest BCUT2D eigenvalue weighted by Gasteiger charge is 2.04.